The number of carbonyl (C=O) groups excluding carboxylic acids is 2. The van der Waals surface area contributed by atoms with Gasteiger partial charge in [-0.15, -0.1) is 0 Å². The number of fused-ring (bicyclic) bond motifs is 1. The SMILES string of the molecule is Cc1ccccc1Cn1c(C(=O)N2CCN(C(=O)COc3ccccc3)C(C)C2)cc2ccoc21. The summed E-state index contributed by atoms with van der Waals surface area (Å²) in [7, 11) is 0. The van der Waals surface area contributed by atoms with Gasteiger partial charge in [-0.2, -0.15) is 0 Å². The molecule has 3 heterocycles. The lowest BCUT2D eigenvalue weighted by Crippen LogP contribution is -2.56. The molecule has 1 unspecified atom stereocenters. The normalized spacial score (nSPS) is 16.0. The smallest absolute Gasteiger partial charge is 0.270 e. The molecular formula is C28H29N3O4. The van der Waals surface area contributed by atoms with Crippen LogP contribution in [-0.2, 0) is 11.3 Å². The maximum Gasteiger partial charge on any atom is 0.270 e. The first-order chi connectivity index (χ1) is 17.0. The van der Waals surface area contributed by atoms with Crippen LogP contribution < -0.4 is 4.74 Å². The van der Waals surface area contributed by atoms with Gasteiger partial charge in [-0.05, 0) is 49.2 Å². The molecule has 7 heteroatoms. The van der Waals surface area contributed by atoms with Crippen molar-refractivity contribution in [3.05, 3.63) is 89.8 Å². The summed E-state index contributed by atoms with van der Waals surface area (Å²) in [6, 6.07) is 21.1. The fraction of sp³-hybridized carbons (Fsp3) is 0.286. The third-order valence-electron chi connectivity index (χ3n) is 6.65. The van der Waals surface area contributed by atoms with Crippen LogP contribution in [0, 0.1) is 6.92 Å². The molecule has 35 heavy (non-hydrogen) atoms. The molecule has 2 aromatic carbocycles. The highest BCUT2D eigenvalue weighted by Crippen LogP contribution is 2.25. The molecular weight excluding hydrogens is 442 g/mol. The van der Waals surface area contributed by atoms with Crippen LogP contribution in [0.25, 0.3) is 11.1 Å². The molecule has 1 aliphatic heterocycles. The van der Waals surface area contributed by atoms with Crippen LogP contribution >= 0.6 is 0 Å². The average molecular weight is 472 g/mol. The van der Waals surface area contributed by atoms with Gasteiger partial charge in [-0.3, -0.25) is 9.59 Å². The van der Waals surface area contributed by atoms with E-state index in [0.717, 1.165) is 16.5 Å². The Balaban J connectivity index is 1.29. The highest BCUT2D eigenvalue weighted by molar-refractivity contribution is 5.98. The van der Waals surface area contributed by atoms with Crippen molar-refractivity contribution in [1.82, 2.24) is 14.4 Å². The van der Waals surface area contributed by atoms with E-state index in [4.69, 9.17) is 9.15 Å². The molecule has 0 spiro atoms. The van der Waals surface area contributed by atoms with Crippen molar-refractivity contribution in [3.63, 3.8) is 0 Å². The molecule has 1 aliphatic rings. The molecule has 180 valence electrons. The molecule has 2 aromatic heterocycles. The molecule has 0 N–H and O–H groups in total. The second-order valence-corrected chi connectivity index (χ2v) is 9.01. The number of benzene rings is 2. The summed E-state index contributed by atoms with van der Waals surface area (Å²) < 4.78 is 13.3. The summed E-state index contributed by atoms with van der Waals surface area (Å²) in [6.45, 7) is 5.98. The molecule has 4 aromatic rings. The number of piperazine rings is 1. The average Bonchev–Trinajstić information content (AvgIpc) is 3.46. The fourth-order valence-electron chi connectivity index (χ4n) is 4.69. The van der Waals surface area contributed by atoms with Crippen molar-refractivity contribution in [2.75, 3.05) is 26.2 Å². The highest BCUT2D eigenvalue weighted by atomic mass is 16.5. The Morgan fingerprint density at radius 3 is 2.57 bits per heavy atom. The molecule has 0 radical (unpaired) electrons. The number of ether oxygens (including phenoxy) is 1. The van der Waals surface area contributed by atoms with Gasteiger partial charge in [-0.25, -0.2) is 0 Å². The molecule has 7 nitrogen and oxygen atoms in total. The Morgan fingerprint density at radius 2 is 1.80 bits per heavy atom. The zero-order valence-corrected chi connectivity index (χ0v) is 20.0. The molecule has 1 atom stereocenters. The number of hydrogen-bond donors (Lipinski definition) is 0. The minimum absolute atomic E-state index is 0.0159. The van der Waals surface area contributed by atoms with Gasteiger partial charge in [0.15, 0.2) is 6.61 Å². The molecule has 0 bridgehead atoms. The number of para-hydroxylation sites is 1. The number of hydrogen-bond acceptors (Lipinski definition) is 4. The van der Waals surface area contributed by atoms with Crippen molar-refractivity contribution in [3.8, 4) is 5.75 Å². The minimum atomic E-state index is -0.109. The first-order valence-corrected chi connectivity index (χ1v) is 11.9. The summed E-state index contributed by atoms with van der Waals surface area (Å²) in [5.41, 5.74) is 3.59. The molecule has 1 fully saturated rings. The Labute approximate surface area is 204 Å². The second-order valence-electron chi connectivity index (χ2n) is 9.01. The van der Waals surface area contributed by atoms with Gasteiger partial charge < -0.3 is 23.5 Å². The molecule has 1 saturated heterocycles. The van der Waals surface area contributed by atoms with Crippen LogP contribution in [0.1, 0.15) is 28.5 Å². The number of rotatable bonds is 6. The summed E-state index contributed by atoms with van der Waals surface area (Å²) in [5.74, 6) is 0.541. The van der Waals surface area contributed by atoms with Crippen LogP contribution in [0.5, 0.6) is 5.75 Å². The van der Waals surface area contributed by atoms with Crippen molar-refractivity contribution >= 4 is 22.9 Å². The van der Waals surface area contributed by atoms with E-state index in [9.17, 15) is 9.59 Å². The fourth-order valence-corrected chi connectivity index (χ4v) is 4.69. The van der Waals surface area contributed by atoms with Crippen molar-refractivity contribution in [1.29, 1.82) is 0 Å². The van der Waals surface area contributed by atoms with Crippen LogP contribution in [0.4, 0.5) is 0 Å². The first kappa shape index (κ1) is 22.8. The third kappa shape index (κ3) is 4.67. The quantitative estimate of drug-likeness (QED) is 0.420. The molecule has 2 amide bonds. The van der Waals surface area contributed by atoms with Gasteiger partial charge >= 0.3 is 0 Å². The maximum absolute atomic E-state index is 13.6. The van der Waals surface area contributed by atoms with E-state index in [1.807, 2.05) is 71.0 Å². The standard InChI is InChI=1S/C28H29N3O4/c1-20-8-6-7-9-23(20)18-31-25(16-22-12-15-34-28(22)31)27(33)29-13-14-30(21(2)17-29)26(32)19-35-24-10-4-3-5-11-24/h3-12,15-16,21H,13-14,17-19H2,1-2H3. The highest BCUT2D eigenvalue weighted by Gasteiger charge is 2.32. The van der Waals surface area contributed by atoms with Crippen LogP contribution in [-0.4, -0.2) is 58.5 Å². The van der Waals surface area contributed by atoms with E-state index in [2.05, 4.69) is 19.1 Å². The van der Waals surface area contributed by atoms with Gasteiger partial charge in [0.05, 0.1) is 12.8 Å². The van der Waals surface area contributed by atoms with Crippen LogP contribution in [0.3, 0.4) is 0 Å². The number of amides is 2. The van der Waals surface area contributed by atoms with E-state index in [-0.39, 0.29) is 24.5 Å². The Bertz CT molecular complexity index is 1340. The number of carbonyl (C=O) groups is 2. The summed E-state index contributed by atoms with van der Waals surface area (Å²) >= 11 is 0. The predicted molar refractivity (Wildman–Crippen MR) is 134 cm³/mol. The van der Waals surface area contributed by atoms with Crippen molar-refractivity contribution < 1.29 is 18.7 Å². The molecule has 0 aliphatic carbocycles. The second kappa shape index (κ2) is 9.70. The zero-order chi connectivity index (χ0) is 24.4. The lowest BCUT2D eigenvalue weighted by atomic mass is 10.1. The van der Waals surface area contributed by atoms with Gasteiger partial charge in [0.2, 0.25) is 5.71 Å². The number of nitrogens with zero attached hydrogens (tertiary/aromatic N) is 3. The molecule has 5 rings (SSSR count). The molecule has 0 saturated carbocycles. The van der Waals surface area contributed by atoms with Gasteiger partial charge in [-0.1, -0.05) is 42.5 Å². The summed E-state index contributed by atoms with van der Waals surface area (Å²) in [6.07, 6.45) is 1.65. The van der Waals surface area contributed by atoms with Gasteiger partial charge in [0, 0.05) is 31.1 Å². The van der Waals surface area contributed by atoms with Gasteiger partial charge in [0.25, 0.3) is 11.8 Å². The van der Waals surface area contributed by atoms with Crippen LogP contribution in [0.15, 0.2) is 77.4 Å². The minimum Gasteiger partial charge on any atom is -0.484 e. The van der Waals surface area contributed by atoms with Crippen LogP contribution in [0.2, 0.25) is 0 Å². The lowest BCUT2D eigenvalue weighted by molar-refractivity contribution is -0.137. The number of furan rings is 1. The zero-order valence-electron chi connectivity index (χ0n) is 20.0. The van der Waals surface area contributed by atoms with E-state index < -0.39 is 0 Å². The maximum atomic E-state index is 13.6. The first-order valence-electron chi connectivity index (χ1n) is 11.9. The monoisotopic (exact) mass is 471 g/mol. The van der Waals surface area contributed by atoms with Crippen molar-refractivity contribution in [2.24, 2.45) is 0 Å². The van der Waals surface area contributed by atoms with E-state index >= 15 is 0 Å². The van der Waals surface area contributed by atoms with Gasteiger partial charge in [0.1, 0.15) is 11.4 Å². The van der Waals surface area contributed by atoms with E-state index in [1.54, 1.807) is 11.2 Å². The Kier molecular flexibility index (Phi) is 6.31. The lowest BCUT2D eigenvalue weighted by Gasteiger charge is -2.39. The third-order valence-corrected chi connectivity index (χ3v) is 6.65. The number of aromatic nitrogens is 1. The Hall–Kier alpha value is -4.00. The van der Waals surface area contributed by atoms with E-state index in [1.165, 1.54) is 0 Å². The number of aryl methyl sites for hydroxylation is 1. The van der Waals surface area contributed by atoms with E-state index in [0.29, 0.717) is 43.3 Å². The topological polar surface area (TPSA) is 67.9 Å². The summed E-state index contributed by atoms with van der Waals surface area (Å²) in [5, 5.41) is 0.904. The largest absolute Gasteiger partial charge is 0.484 e. The Morgan fingerprint density at radius 1 is 1.03 bits per heavy atom. The summed E-state index contributed by atoms with van der Waals surface area (Å²) in [4.78, 5) is 30.0. The van der Waals surface area contributed by atoms with Crippen molar-refractivity contribution in [2.45, 2.75) is 26.4 Å². The predicted octanol–water partition coefficient (Wildman–Crippen LogP) is 4.34.